The predicted octanol–water partition coefficient (Wildman–Crippen LogP) is 20.0. The van der Waals surface area contributed by atoms with Gasteiger partial charge in [-0.15, -0.1) is 0 Å². The molecule has 0 bridgehead atoms. The van der Waals surface area contributed by atoms with Gasteiger partial charge in [0.15, 0.2) is 0 Å². The molecule has 0 N–H and O–H groups in total. The summed E-state index contributed by atoms with van der Waals surface area (Å²) in [5, 5.41) is 4.33. The summed E-state index contributed by atoms with van der Waals surface area (Å²) in [6.07, 6.45) is 1.83. The molecule has 6 heterocycles. The molecule has 4 aromatic heterocycles. The van der Waals surface area contributed by atoms with Crippen molar-refractivity contribution in [2.24, 2.45) is 0 Å². The van der Waals surface area contributed by atoms with Gasteiger partial charge in [0.25, 0.3) is 0 Å². The van der Waals surface area contributed by atoms with E-state index in [4.69, 9.17) is 17.7 Å². The molecule has 16 rings (SSSR count). The van der Waals surface area contributed by atoms with Crippen LogP contribution in [0, 0.1) is 0 Å². The number of rotatable bonds is 8. The van der Waals surface area contributed by atoms with Crippen molar-refractivity contribution in [3.8, 4) is 0 Å². The van der Waals surface area contributed by atoms with Crippen LogP contribution < -0.4 is 19.6 Å². The van der Waals surface area contributed by atoms with Crippen molar-refractivity contribution in [3.05, 3.63) is 290 Å². The molecule has 0 spiro atoms. The standard InChI is InChI=1S/C35H22N2O2.C34H24N2O2/c1-3-12-22(13-4-1)36-26-18-11-19-27-31(26)32(34-33(36)25-17-8-10-21-29(25)38-34)30-24-16-7-9-20-28(24)39-35(30)37(27)23-14-5-2-6-15-23;1-3-13-26(14-4-1)35(31-24-37-33-21-10-8-19-30(31)33)28-17-11-18-29(23-28)36(27-15-5-2-6-16-27)34-22-25-12-7-9-20-32(25)38-34/h1-21,32H;1-24H. The maximum atomic E-state index is 6.81. The fourth-order valence-electron chi connectivity index (χ4n) is 11.5. The second-order valence-electron chi connectivity index (χ2n) is 19.2. The summed E-state index contributed by atoms with van der Waals surface area (Å²) in [6, 6.07) is 91.9. The third-order valence-electron chi connectivity index (χ3n) is 14.8. The molecule has 0 radical (unpaired) electrons. The van der Waals surface area contributed by atoms with E-state index < -0.39 is 0 Å². The molecule has 77 heavy (non-hydrogen) atoms. The highest BCUT2D eigenvalue weighted by Crippen LogP contribution is 2.63. The average Bonchev–Trinajstić information content (AvgIpc) is 4.08. The minimum Gasteiger partial charge on any atom is -0.462 e. The van der Waals surface area contributed by atoms with Crippen LogP contribution in [0.4, 0.5) is 68.6 Å². The Morgan fingerprint density at radius 3 is 1.55 bits per heavy atom. The van der Waals surface area contributed by atoms with E-state index in [0.29, 0.717) is 0 Å². The molecule has 0 amide bonds. The zero-order valence-electron chi connectivity index (χ0n) is 41.5. The number of nitrogens with zero attached hydrogens (tertiary/aromatic N) is 4. The SMILES string of the molecule is c1ccc(N(c2cccc(N(c3ccccc3)c3coc4ccccc34)c2)c2cc3ccccc3o2)cc1.c1ccc(N2c3cccc4c3C(c3oc5ccccc5c3N4c3ccccc3)c3c2oc2ccccc32)cc1. The average molecular weight is 995 g/mol. The van der Waals surface area contributed by atoms with Crippen LogP contribution in [0.3, 0.4) is 0 Å². The first kappa shape index (κ1) is 44.1. The molecule has 2 aliphatic heterocycles. The van der Waals surface area contributed by atoms with E-state index in [2.05, 4.69) is 208 Å². The Morgan fingerprint density at radius 2 is 0.857 bits per heavy atom. The van der Waals surface area contributed by atoms with Gasteiger partial charge >= 0.3 is 0 Å². The molecule has 8 nitrogen and oxygen atoms in total. The van der Waals surface area contributed by atoms with Crippen LogP contribution in [0.2, 0.25) is 0 Å². The minimum atomic E-state index is -0.114. The van der Waals surface area contributed by atoms with E-state index in [9.17, 15) is 0 Å². The monoisotopic (exact) mass is 994 g/mol. The minimum absolute atomic E-state index is 0.114. The first-order chi connectivity index (χ1) is 38.2. The van der Waals surface area contributed by atoms with Gasteiger partial charge in [-0.1, -0.05) is 146 Å². The van der Waals surface area contributed by atoms with Crippen LogP contribution >= 0.6 is 0 Å². The van der Waals surface area contributed by atoms with Gasteiger partial charge in [0, 0.05) is 67.2 Å². The quantitative estimate of drug-likeness (QED) is 0.149. The van der Waals surface area contributed by atoms with Crippen molar-refractivity contribution in [2.45, 2.75) is 5.92 Å². The van der Waals surface area contributed by atoms with Crippen LogP contribution in [0.5, 0.6) is 0 Å². The Morgan fingerprint density at radius 1 is 0.351 bits per heavy atom. The Hall–Kier alpha value is -10.4. The summed E-state index contributed by atoms with van der Waals surface area (Å²) in [4.78, 5) is 9.02. The smallest absolute Gasteiger partial charge is 0.210 e. The first-order valence-corrected chi connectivity index (χ1v) is 25.8. The van der Waals surface area contributed by atoms with Crippen LogP contribution in [-0.4, -0.2) is 0 Å². The number of hydrogen-bond acceptors (Lipinski definition) is 8. The van der Waals surface area contributed by atoms with Crippen LogP contribution in [-0.2, 0) is 0 Å². The van der Waals surface area contributed by atoms with Crippen molar-refractivity contribution in [2.75, 3.05) is 19.6 Å². The lowest BCUT2D eigenvalue weighted by molar-refractivity contribution is 0.532. The molecule has 1 atom stereocenters. The van der Waals surface area contributed by atoms with E-state index in [-0.39, 0.29) is 5.92 Å². The molecular weight excluding hydrogens is 949 g/mol. The molecule has 0 fully saturated rings. The summed E-state index contributed by atoms with van der Waals surface area (Å²) in [7, 11) is 0. The number of fused-ring (bicyclic) bond motifs is 10. The van der Waals surface area contributed by atoms with Crippen LogP contribution in [0.15, 0.2) is 291 Å². The predicted molar refractivity (Wildman–Crippen MR) is 312 cm³/mol. The molecule has 8 heteroatoms. The van der Waals surface area contributed by atoms with Crippen molar-refractivity contribution in [1.82, 2.24) is 0 Å². The number of anilines is 12. The fourth-order valence-corrected chi connectivity index (χ4v) is 11.5. The Bertz CT molecular complexity index is 4410. The van der Waals surface area contributed by atoms with Gasteiger partial charge in [-0.25, -0.2) is 0 Å². The lowest BCUT2D eigenvalue weighted by atomic mass is 9.79. The highest BCUT2D eigenvalue weighted by molar-refractivity contribution is 6.06. The number of hydrogen-bond donors (Lipinski definition) is 0. The van der Waals surface area contributed by atoms with E-state index in [1.54, 1.807) is 0 Å². The van der Waals surface area contributed by atoms with Gasteiger partial charge in [-0.3, -0.25) is 9.80 Å². The number of para-hydroxylation sites is 8. The van der Waals surface area contributed by atoms with E-state index in [1.165, 1.54) is 5.56 Å². The molecule has 1 unspecified atom stereocenters. The third kappa shape index (κ3) is 7.29. The lowest BCUT2D eigenvalue weighted by Gasteiger charge is -2.41. The maximum Gasteiger partial charge on any atom is 0.210 e. The van der Waals surface area contributed by atoms with Gasteiger partial charge in [-0.05, 0) is 115 Å². The first-order valence-electron chi connectivity index (χ1n) is 25.8. The second kappa shape index (κ2) is 18.2. The van der Waals surface area contributed by atoms with E-state index >= 15 is 0 Å². The largest absolute Gasteiger partial charge is 0.462 e. The number of benzene rings is 10. The molecule has 366 valence electrons. The topological polar surface area (TPSA) is 65.5 Å². The van der Waals surface area contributed by atoms with Gasteiger partial charge in [0.05, 0.1) is 34.4 Å². The maximum absolute atomic E-state index is 6.81. The molecule has 2 aliphatic rings. The van der Waals surface area contributed by atoms with Crippen molar-refractivity contribution in [3.63, 3.8) is 0 Å². The molecule has 0 saturated heterocycles. The Labute approximate surface area is 443 Å². The van der Waals surface area contributed by atoms with E-state index in [0.717, 1.165) is 124 Å². The highest BCUT2D eigenvalue weighted by atomic mass is 16.4. The van der Waals surface area contributed by atoms with Crippen molar-refractivity contribution < 1.29 is 17.7 Å². The lowest BCUT2D eigenvalue weighted by Crippen LogP contribution is -2.27. The summed E-state index contributed by atoms with van der Waals surface area (Å²) in [5.41, 5.74) is 16.4. The van der Waals surface area contributed by atoms with E-state index in [1.807, 2.05) is 85.1 Å². The summed E-state index contributed by atoms with van der Waals surface area (Å²) >= 11 is 0. The van der Waals surface area contributed by atoms with Gasteiger partial charge in [0.1, 0.15) is 34.4 Å². The molecular formula is C69H46N4O4. The summed E-state index contributed by atoms with van der Waals surface area (Å²) in [6.45, 7) is 0. The number of furan rings is 4. The molecule has 0 saturated carbocycles. The zero-order chi connectivity index (χ0) is 50.8. The van der Waals surface area contributed by atoms with Crippen molar-refractivity contribution >= 4 is 113 Å². The van der Waals surface area contributed by atoms with Crippen LogP contribution in [0.1, 0.15) is 22.8 Å². The molecule has 0 aliphatic carbocycles. The summed E-state index contributed by atoms with van der Waals surface area (Å²) in [5.74, 6) is 2.43. The molecule has 10 aromatic carbocycles. The van der Waals surface area contributed by atoms with Gasteiger partial charge in [0.2, 0.25) is 11.8 Å². The van der Waals surface area contributed by atoms with Crippen LogP contribution in [0.25, 0.3) is 43.9 Å². The Balaban J connectivity index is 0.000000135. The fraction of sp³-hybridized carbons (Fsp3) is 0.0145. The summed E-state index contributed by atoms with van der Waals surface area (Å²) < 4.78 is 25.8. The van der Waals surface area contributed by atoms with Gasteiger partial charge in [-0.2, -0.15) is 0 Å². The highest BCUT2D eigenvalue weighted by Gasteiger charge is 2.46. The third-order valence-corrected chi connectivity index (χ3v) is 14.8. The zero-order valence-corrected chi connectivity index (χ0v) is 41.5. The van der Waals surface area contributed by atoms with Gasteiger partial charge < -0.3 is 27.5 Å². The second-order valence-corrected chi connectivity index (χ2v) is 19.2. The molecule has 14 aromatic rings. The van der Waals surface area contributed by atoms with Crippen molar-refractivity contribution in [1.29, 1.82) is 0 Å². The Kier molecular flexibility index (Phi) is 10.4. The normalized spacial score (nSPS) is 13.3.